The van der Waals surface area contributed by atoms with Crippen LogP contribution in [-0.4, -0.2) is 39.5 Å². The number of nitrogens with zero attached hydrogens (tertiary/aromatic N) is 4. The first kappa shape index (κ1) is 11.2. The SMILES string of the molecule is c1cn(C2CCN(CC3CCCC3)CC2)nn1. The molecule has 1 aromatic heterocycles. The van der Waals surface area contributed by atoms with Gasteiger partial charge in [0, 0.05) is 25.8 Å². The van der Waals surface area contributed by atoms with Crippen LogP contribution in [0, 0.1) is 5.92 Å². The van der Waals surface area contributed by atoms with E-state index >= 15 is 0 Å². The van der Waals surface area contributed by atoms with Crippen LogP contribution in [0.5, 0.6) is 0 Å². The minimum absolute atomic E-state index is 0.581. The van der Waals surface area contributed by atoms with Crippen molar-refractivity contribution in [3.05, 3.63) is 12.4 Å². The number of rotatable bonds is 3. The minimum Gasteiger partial charge on any atom is -0.303 e. The molecule has 1 aliphatic carbocycles. The molecule has 1 aliphatic heterocycles. The molecule has 0 radical (unpaired) electrons. The van der Waals surface area contributed by atoms with E-state index in [0.717, 1.165) is 5.92 Å². The van der Waals surface area contributed by atoms with E-state index in [1.54, 1.807) is 6.20 Å². The van der Waals surface area contributed by atoms with Gasteiger partial charge in [0.15, 0.2) is 0 Å². The lowest BCUT2D eigenvalue weighted by Gasteiger charge is -2.33. The van der Waals surface area contributed by atoms with Crippen molar-refractivity contribution in [2.24, 2.45) is 5.92 Å². The van der Waals surface area contributed by atoms with E-state index in [-0.39, 0.29) is 0 Å². The summed E-state index contributed by atoms with van der Waals surface area (Å²) in [5.41, 5.74) is 0. The third-order valence-corrected chi connectivity index (χ3v) is 4.36. The Morgan fingerprint density at radius 3 is 2.47 bits per heavy atom. The van der Waals surface area contributed by atoms with E-state index in [4.69, 9.17) is 0 Å². The summed E-state index contributed by atoms with van der Waals surface area (Å²) < 4.78 is 2.03. The highest BCUT2D eigenvalue weighted by molar-refractivity contribution is 4.80. The summed E-state index contributed by atoms with van der Waals surface area (Å²) in [4.78, 5) is 2.66. The Labute approximate surface area is 103 Å². The molecule has 0 spiro atoms. The summed E-state index contributed by atoms with van der Waals surface area (Å²) in [5.74, 6) is 0.984. The molecule has 0 atom stereocenters. The summed E-state index contributed by atoms with van der Waals surface area (Å²) in [5, 5.41) is 8.02. The maximum Gasteiger partial charge on any atom is 0.0693 e. The van der Waals surface area contributed by atoms with Gasteiger partial charge in [0.25, 0.3) is 0 Å². The summed E-state index contributed by atoms with van der Waals surface area (Å²) in [6, 6.07) is 0.581. The van der Waals surface area contributed by atoms with Crippen molar-refractivity contribution >= 4 is 0 Å². The zero-order valence-electron chi connectivity index (χ0n) is 10.5. The number of aromatic nitrogens is 3. The molecule has 0 aromatic carbocycles. The maximum atomic E-state index is 4.12. The van der Waals surface area contributed by atoms with Crippen molar-refractivity contribution in [3.63, 3.8) is 0 Å². The smallest absolute Gasteiger partial charge is 0.0693 e. The van der Waals surface area contributed by atoms with Crippen LogP contribution in [-0.2, 0) is 0 Å². The molecule has 0 N–H and O–H groups in total. The van der Waals surface area contributed by atoms with Crippen molar-refractivity contribution in [1.29, 1.82) is 0 Å². The summed E-state index contributed by atoms with van der Waals surface area (Å²) in [6.45, 7) is 3.81. The molecule has 0 unspecified atom stereocenters. The summed E-state index contributed by atoms with van der Waals surface area (Å²) in [6.07, 6.45) is 12.1. The minimum atomic E-state index is 0.581. The molecule has 17 heavy (non-hydrogen) atoms. The average Bonchev–Trinajstić information content (AvgIpc) is 3.01. The van der Waals surface area contributed by atoms with Gasteiger partial charge in [-0.2, -0.15) is 0 Å². The number of likely N-dealkylation sites (tertiary alicyclic amines) is 1. The zero-order chi connectivity index (χ0) is 11.5. The van der Waals surface area contributed by atoms with Gasteiger partial charge in [0.2, 0.25) is 0 Å². The van der Waals surface area contributed by atoms with E-state index in [1.807, 2.05) is 10.9 Å². The standard InChI is InChI=1S/C13H22N4/c1-2-4-12(3-1)11-16-8-5-13(6-9-16)17-10-7-14-15-17/h7,10,12-13H,1-6,8-9,11H2. The Balaban J connectivity index is 1.47. The Morgan fingerprint density at radius 1 is 1.06 bits per heavy atom. The van der Waals surface area contributed by atoms with Crippen molar-refractivity contribution in [3.8, 4) is 0 Å². The van der Waals surface area contributed by atoms with E-state index in [0.29, 0.717) is 6.04 Å². The highest BCUT2D eigenvalue weighted by Crippen LogP contribution is 2.28. The molecule has 1 saturated carbocycles. The van der Waals surface area contributed by atoms with Crippen molar-refractivity contribution in [2.75, 3.05) is 19.6 Å². The summed E-state index contributed by atoms with van der Waals surface area (Å²) >= 11 is 0. The predicted octanol–water partition coefficient (Wildman–Crippen LogP) is 2.11. The molecule has 0 bridgehead atoms. The van der Waals surface area contributed by atoms with Gasteiger partial charge < -0.3 is 4.90 Å². The molecule has 2 fully saturated rings. The molecule has 0 amide bonds. The van der Waals surface area contributed by atoms with Gasteiger partial charge in [-0.05, 0) is 31.6 Å². The van der Waals surface area contributed by atoms with Crippen LogP contribution in [0.1, 0.15) is 44.6 Å². The Hall–Kier alpha value is -0.900. The quantitative estimate of drug-likeness (QED) is 0.803. The van der Waals surface area contributed by atoms with Crippen molar-refractivity contribution in [2.45, 2.75) is 44.6 Å². The van der Waals surface area contributed by atoms with Gasteiger partial charge in [-0.1, -0.05) is 18.1 Å². The molecule has 3 rings (SSSR count). The van der Waals surface area contributed by atoms with Crippen LogP contribution in [0.2, 0.25) is 0 Å². The number of hydrogen-bond acceptors (Lipinski definition) is 3. The molecule has 4 nitrogen and oxygen atoms in total. The van der Waals surface area contributed by atoms with Crippen LogP contribution >= 0.6 is 0 Å². The first-order valence-electron chi connectivity index (χ1n) is 7.00. The lowest BCUT2D eigenvalue weighted by atomic mass is 10.0. The fourth-order valence-electron chi connectivity index (χ4n) is 3.34. The lowest BCUT2D eigenvalue weighted by Crippen LogP contribution is -2.37. The largest absolute Gasteiger partial charge is 0.303 e. The van der Waals surface area contributed by atoms with Gasteiger partial charge in [-0.3, -0.25) is 0 Å². The topological polar surface area (TPSA) is 34.0 Å². The van der Waals surface area contributed by atoms with E-state index in [2.05, 4.69) is 15.2 Å². The molecule has 1 saturated heterocycles. The number of hydrogen-bond donors (Lipinski definition) is 0. The fraction of sp³-hybridized carbons (Fsp3) is 0.846. The molecular weight excluding hydrogens is 212 g/mol. The molecule has 2 heterocycles. The fourth-order valence-corrected chi connectivity index (χ4v) is 3.34. The molecular formula is C13H22N4. The normalized spacial score (nSPS) is 24.5. The van der Waals surface area contributed by atoms with Gasteiger partial charge >= 0.3 is 0 Å². The number of piperidine rings is 1. The highest BCUT2D eigenvalue weighted by atomic mass is 15.4. The third kappa shape index (κ3) is 2.68. The summed E-state index contributed by atoms with van der Waals surface area (Å²) in [7, 11) is 0. The van der Waals surface area contributed by atoms with Crippen LogP contribution in [0.4, 0.5) is 0 Å². The highest BCUT2D eigenvalue weighted by Gasteiger charge is 2.24. The van der Waals surface area contributed by atoms with E-state index in [1.165, 1.54) is 58.2 Å². The van der Waals surface area contributed by atoms with Gasteiger partial charge in [0.1, 0.15) is 0 Å². The molecule has 94 valence electrons. The van der Waals surface area contributed by atoms with Crippen molar-refractivity contribution in [1.82, 2.24) is 19.9 Å². The first-order chi connectivity index (χ1) is 8.42. The third-order valence-electron chi connectivity index (χ3n) is 4.36. The maximum absolute atomic E-state index is 4.12. The van der Waals surface area contributed by atoms with Gasteiger partial charge in [0.05, 0.1) is 12.2 Å². The van der Waals surface area contributed by atoms with Crippen LogP contribution in [0.15, 0.2) is 12.4 Å². The Bertz CT molecular complexity index is 321. The monoisotopic (exact) mass is 234 g/mol. The van der Waals surface area contributed by atoms with Crippen LogP contribution in [0.25, 0.3) is 0 Å². The molecule has 4 heteroatoms. The van der Waals surface area contributed by atoms with Gasteiger partial charge in [-0.25, -0.2) is 4.68 Å². The zero-order valence-corrected chi connectivity index (χ0v) is 10.5. The second-order valence-corrected chi connectivity index (χ2v) is 5.57. The Kier molecular flexibility index (Phi) is 3.41. The Morgan fingerprint density at radius 2 is 1.82 bits per heavy atom. The lowest BCUT2D eigenvalue weighted by molar-refractivity contribution is 0.157. The molecule has 1 aromatic rings. The van der Waals surface area contributed by atoms with Crippen LogP contribution < -0.4 is 0 Å². The van der Waals surface area contributed by atoms with E-state index in [9.17, 15) is 0 Å². The van der Waals surface area contributed by atoms with Crippen LogP contribution in [0.3, 0.4) is 0 Å². The first-order valence-corrected chi connectivity index (χ1v) is 7.00. The second-order valence-electron chi connectivity index (χ2n) is 5.57. The second kappa shape index (κ2) is 5.17. The van der Waals surface area contributed by atoms with Crippen molar-refractivity contribution < 1.29 is 0 Å². The predicted molar refractivity (Wildman–Crippen MR) is 66.7 cm³/mol. The van der Waals surface area contributed by atoms with Gasteiger partial charge in [-0.15, -0.1) is 5.10 Å². The van der Waals surface area contributed by atoms with E-state index < -0.39 is 0 Å². The average molecular weight is 234 g/mol. The molecule has 2 aliphatic rings.